The Bertz CT molecular complexity index is 405. The van der Waals surface area contributed by atoms with Crippen molar-refractivity contribution in [2.75, 3.05) is 14.2 Å². The van der Waals surface area contributed by atoms with Crippen LogP contribution >= 0.6 is 0 Å². The van der Waals surface area contributed by atoms with Crippen molar-refractivity contribution in [3.63, 3.8) is 0 Å². The zero-order valence-electron chi connectivity index (χ0n) is 11.0. The molecular formula is C14H20O4. The number of carbonyl (C=O) groups is 2. The molecule has 0 heterocycles. The van der Waals surface area contributed by atoms with E-state index in [1.807, 2.05) is 0 Å². The lowest BCUT2D eigenvalue weighted by Crippen LogP contribution is -2.52. The molecule has 0 spiro atoms. The average molecular weight is 252 g/mol. The Hall–Kier alpha value is -1.06. The average Bonchev–Trinajstić information content (AvgIpc) is 3.06. The van der Waals surface area contributed by atoms with E-state index in [2.05, 4.69) is 0 Å². The SMILES string of the molecule is COC(=O)C12CCC(C1)C1CCCC12C(=O)OC. The lowest BCUT2D eigenvalue weighted by Gasteiger charge is -2.43. The monoisotopic (exact) mass is 252 g/mol. The van der Waals surface area contributed by atoms with Gasteiger partial charge in [0.25, 0.3) is 0 Å². The largest absolute Gasteiger partial charge is 0.469 e. The Morgan fingerprint density at radius 1 is 1.06 bits per heavy atom. The Morgan fingerprint density at radius 2 is 1.78 bits per heavy atom. The van der Waals surface area contributed by atoms with E-state index in [1.165, 1.54) is 14.2 Å². The second-order valence-electron chi connectivity index (χ2n) is 6.04. The summed E-state index contributed by atoms with van der Waals surface area (Å²) in [6, 6.07) is 0. The van der Waals surface area contributed by atoms with Crippen LogP contribution in [0, 0.1) is 22.7 Å². The van der Waals surface area contributed by atoms with E-state index < -0.39 is 10.8 Å². The third-order valence-electron chi connectivity index (χ3n) is 5.82. The minimum absolute atomic E-state index is 0.183. The Kier molecular flexibility index (Phi) is 2.48. The Balaban J connectivity index is 2.11. The maximum Gasteiger partial charge on any atom is 0.313 e. The summed E-state index contributed by atoms with van der Waals surface area (Å²) in [6.07, 6.45) is 5.53. The lowest BCUT2D eigenvalue weighted by molar-refractivity contribution is -0.179. The van der Waals surface area contributed by atoms with Crippen LogP contribution in [0.15, 0.2) is 0 Å². The predicted molar refractivity (Wildman–Crippen MR) is 63.6 cm³/mol. The van der Waals surface area contributed by atoms with E-state index in [0.717, 1.165) is 38.5 Å². The van der Waals surface area contributed by atoms with Gasteiger partial charge in [-0.3, -0.25) is 9.59 Å². The fourth-order valence-electron chi connectivity index (χ4n) is 5.29. The topological polar surface area (TPSA) is 52.6 Å². The highest BCUT2D eigenvalue weighted by molar-refractivity contribution is 5.90. The molecule has 0 N–H and O–H groups in total. The molecule has 3 aliphatic rings. The molecule has 0 aromatic carbocycles. The number of rotatable bonds is 2. The molecule has 0 aliphatic heterocycles. The van der Waals surface area contributed by atoms with E-state index in [1.54, 1.807) is 0 Å². The maximum atomic E-state index is 12.4. The standard InChI is InChI=1S/C14H20O4/c1-17-11(15)13-7-5-9(8-13)10-4-3-6-14(10,13)12(16)18-2/h9-10H,3-8H2,1-2H3. The van der Waals surface area contributed by atoms with Gasteiger partial charge in [0.15, 0.2) is 0 Å². The lowest BCUT2D eigenvalue weighted by atomic mass is 9.59. The van der Waals surface area contributed by atoms with Crippen LogP contribution in [0.3, 0.4) is 0 Å². The maximum absolute atomic E-state index is 12.4. The molecule has 0 aromatic heterocycles. The predicted octanol–water partition coefficient (Wildman–Crippen LogP) is 1.92. The molecule has 3 saturated carbocycles. The Morgan fingerprint density at radius 3 is 2.44 bits per heavy atom. The van der Waals surface area contributed by atoms with Gasteiger partial charge < -0.3 is 9.47 Å². The third-order valence-corrected chi connectivity index (χ3v) is 5.82. The minimum atomic E-state index is -0.597. The van der Waals surface area contributed by atoms with Crippen LogP contribution in [0.1, 0.15) is 38.5 Å². The number of carbonyl (C=O) groups excluding carboxylic acids is 2. The van der Waals surface area contributed by atoms with Crippen LogP contribution < -0.4 is 0 Å². The number of ether oxygens (including phenoxy) is 2. The van der Waals surface area contributed by atoms with Crippen molar-refractivity contribution >= 4 is 11.9 Å². The van der Waals surface area contributed by atoms with Crippen molar-refractivity contribution < 1.29 is 19.1 Å². The van der Waals surface area contributed by atoms with Crippen LogP contribution in [-0.4, -0.2) is 26.2 Å². The first-order valence-electron chi connectivity index (χ1n) is 6.79. The molecule has 3 fully saturated rings. The molecule has 0 saturated heterocycles. The molecule has 4 unspecified atom stereocenters. The number of hydrogen-bond acceptors (Lipinski definition) is 4. The molecule has 18 heavy (non-hydrogen) atoms. The molecule has 0 aromatic rings. The molecule has 2 bridgehead atoms. The number of hydrogen-bond donors (Lipinski definition) is 0. The molecule has 4 heteroatoms. The molecule has 3 rings (SSSR count). The second kappa shape index (κ2) is 3.72. The quantitative estimate of drug-likeness (QED) is 0.704. The summed E-state index contributed by atoms with van der Waals surface area (Å²) in [4.78, 5) is 24.7. The molecular weight excluding hydrogens is 232 g/mol. The van der Waals surface area contributed by atoms with Gasteiger partial charge in [0.2, 0.25) is 0 Å². The smallest absolute Gasteiger partial charge is 0.313 e. The van der Waals surface area contributed by atoms with Crippen molar-refractivity contribution in [1.82, 2.24) is 0 Å². The van der Waals surface area contributed by atoms with Gasteiger partial charge in [-0.15, -0.1) is 0 Å². The summed E-state index contributed by atoms with van der Waals surface area (Å²) in [6.45, 7) is 0. The molecule has 3 aliphatic carbocycles. The van der Waals surface area contributed by atoms with Gasteiger partial charge in [-0.2, -0.15) is 0 Å². The fourth-order valence-corrected chi connectivity index (χ4v) is 5.29. The van der Waals surface area contributed by atoms with Crippen molar-refractivity contribution in [2.24, 2.45) is 22.7 Å². The van der Waals surface area contributed by atoms with E-state index >= 15 is 0 Å². The highest BCUT2D eigenvalue weighted by Crippen LogP contribution is 2.73. The van der Waals surface area contributed by atoms with Crippen LogP contribution in [0.25, 0.3) is 0 Å². The zero-order chi connectivity index (χ0) is 13.0. The zero-order valence-corrected chi connectivity index (χ0v) is 11.0. The summed E-state index contributed by atoms with van der Waals surface area (Å²) in [5, 5.41) is 0. The van der Waals surface area contributed by atoms with Crippen molar-refractivity contribution in [2.45, 2.75) is 38.5 Å². The van der Waals surface area contributed by atoms with Crippen LogP contribution in [0.2, 0.25) is 0 Å². The molecule has 4 atom stereocenters. The second-order valence-corrected chi connectivity index (χ2v) is 6.04. The molecule has 4 nitrogen and oxygen atoms in total. The first-order valence-corrected chi connectivity index (χ1v) is 6.79. The summed E-state index contributed by atoms with van der Waals surface area (Å²) in [5.74, 6) is 0.459. The van der Waals surface area contributed by atoms with Gasteiger partial charge in [-0.25, -0.2) is 0 Å². The minimum Gasteiger partial charge on any atom is -0.469 e. The van der Waals surface area contributed by atoms with E-state index in [9.17, 15) is 9.59 Å². The number of fused-ring (bicyclic) bond motifs is 5. The summed E-state index contributed by atoms with van der Waals surface area (Å²) in [7, 11) is 2.86. The highest BCUT2D eigenvalue weighted by atomic mass is 16.5. The van der Waals surface area contributed by atoms with Crippen molar-refractivity contribution in [3.05, 3.63) is 0 Å². The fraction of sp³-hybridized carbons (Fsp3) is 0.857. The van der Waals surface area contributed by atoms with Crippen LogP contribution in [-0.2, 0) is 19.1 Å². The third kappa shape index (κ3) is 1.08. The summed E-state index contributed by atoms with van der Waals surface area (Å²) >= 11 is 0. The van der Waals surface area contributed by atoms with Gasteiger partial charge in [0, 0.05) is 0 Å². The molecule has 0 radical (unpaired) electrons. The van der Waals surface area contributed by atoms with Crippen LogP contribution in [0.4, 0.5) is 0 Å². The van der Waals surface area contributed by atoms with Crippen molar-refractivity contribution in [1.29, 1.82) is 0 Å². The highest BCUT2D eigenvalue weighted by Gasteiger charge is 2.75. The van der Waals surface area contributed by atoms with Gasteiger partial charge in [0.1, 0.15) is 0 Å². The summed E-state index contributed by atoms with van der Waals surface area (Å²) < 4.78 is 10.1. The molecule has 100 valence electrons. The Labute approximate surface area is 107 Å². The van der Waals surface area contributed by atoms with Gasteiger partial charge in [0.05, 0.1) is 25.0 Å². The van der Waals surface area contributed by atoms with E-state index in [-0.39, 0.29) is 11.9 Å². The number of esters is 2. The summed E-state index contributed by atoms with van der Waals surface area (Å²) in [5.41, 5.74) is -1.18. The first-order chi connectivity index (χ1) is 8.62. The van der Waals surface area contributed by atoms with E-state index in [0.29, 0.717) is 11.8 Å². The first kappa shape index (κ1) is 12.0. The normalized spacial score (nSPS) is 44.8. The van der Waals surface area contributed by atoms with Gasteiger partial charge in [-0.1, -0.05) is 6.42 Å². The van der Waals surface area contributed by atoms with Crippen LogP contribution in [0.5, 0.6) is 0 Å². The van der Waals surface area contributed by atoms with Gasteiger partial charge in [-0.05, 0) is 43.9 Å². The number of methoxy groups -OCH3 is 2. The van der Waals surface area contributed by atoms with E-state index in [4.69, 9.17) is 9.47 Å². The molecule has 0 amide bonds. The van der Waals surface area contributed by atoms with Gasteiger partial charge >= 0.3 is 11.9 Å². The van der Waals surface area contributed by atoms with Crippen molar-refractivity contribution in [3.8, 4) is 0 Å².